The van der Waals surface area contributed by atoms with Gasteiger partial charge in [-0.2, -0.15) is 0 Å². The second-order valence-corrected chi connectivity index (χ2v) is 32.3. The van der Waals surface area contributed by atoms with E-state index < -0.39 is 6.04 Å². The van der Waals surface area contributed by atoms with Crippen LogP contribution in [0.2, 0.25) is 0 Å². The molecule has 0 radical (unpaired) electrons. The van der Waals surface area contributed by atoms with Crippen molar-refractivity contribution in [3.63, 3.8) is 0 Å². The Morgan fingerprint density at radius 1 is 0.452 bits per heavy atom. The zero-order valence-corrected chi connectivity index (χ0v) is 71.6. The number of fused-ring (bicyclic) bond motifs is 4. The highest BCUT2D eigenvalue weighted by Gasteiger charge is 2.34. The largest absolute Gasteiger partial charge is 0.493 e. The number of benzene rings is 6. The van der Waals surface area contributed by atoms with Crippen LogP contribution in [0.4, 0.5) is 39.8 Å². The third-order valence-corrected chi connectivity index (χ3v) is 23.0. The topological polar surface area (TPSA) is 345 Å². The summed E-state index contributed by atoms with van der Waals surface area (Å²) in [5, 5.41) is 14.4. The first-order valence-electron chi connectivity index (χ1n) is 41.9. The molecular weight excluding hydrogens is 1570 g/mol. The number of carbonyl (C=O) groups is 10. The maximum absolute atomic E-state index is 13.5. The minimum atomic E-state index is -0.608. The molecule has 0 unspecified atom stereocenters. The Bertz CT molecular complexity index is 5710. The summed E-state index contributed by atoms with van der Waals surface area (Å²) in [6, 6.07) is 42.5. The number of ether oxygens (including phenoxy) is 4. The number of nitrogens with one attached hydrogen (secondary N) is 5. The predicted molar refractivity (Wildman–Crippen MR) is 478 cm³/mol. The average molecular weight is 1680 g/mol. The molecule has 2 saturated heterocycles. The molecule has 0 saturated carbocycles. The third kappa shape index (κ3) is 21.5. The van der Waals surface area contributed by atoms with Gasteiger partial charge in [0.2, 0.25) is 17.7 Å². The van der Waals surface area contributed by atoms with Gasteiger partial charge in [0.25, 0.3) is 23.6 Å². The lowest BCUT2D eigenvalue weighted by atomic mass is 9.96. The second-order valence-electron chi connectivity index (χ2n) is 32.3. The van der Waals surface area contributed by atoms with E-state index in [-0.39, 0.29) is 128 Å². The van der Waals surface area contributed by atoms with E-state index in [2.05, 4.69) is 36.6 Å². The van der Waals surface area contributed by atoms with Crippen molar-refractivity contribution < 1.29 is 66.9 Å². The van der Waals surface area contributed by atoms with Crippen molar-refractivity contribution in [3.05, 3.63) is 221 Å². The number of hydrogen-bond donors (Lipinski definition) is 6. The summed E-state index contributed by atoms with van der Waals surface area (Å²) in [5.41, 5.74) is 18.5. The molecule has 7 N–H and O–H groups in total. The molecule has 124 heavy (non-hydrogen) atoms. The van der Waals surface area contributed by atoms with Crippen LogP contribution in [0, 0.1) is 11.8 Å². The highest BCUT2D eigenvalue weighted by Crippen LogP contribution is 2.41. The number of aryl methyl sites for hydroxylation is 4. The molecule has 0 bridgehead atoms. The van der Waals surface area contributed by atoms with Crippen LogP contribution in [0.15, 0.2) is 180 Å². The Labute approximate surface area is 720 Å². The van der Waals surface area contributed by atoms with Gasteiger partial charge in [0.05, 0.1) is 90.8 Å². The fourth-order valence-corrected chi connectivity index (χ4v) is 15.5. The number of Topliss-reactive ketones (excluding diaryl/α,β-unsaturated/α-hetero) is 3. The molecule has 8 heterocycles. The number of methoxy groups -OCH3 is 2. The van der Waals surface area contributed by atoms with Gasteiger partial charge in [-0.3, -0.25) is 57.9 Å². The fourth-order valence-electron chi connectivity index (χ4n) is 15.5. The molecule has 4 atom stereocenters. The van der Waals surface area contributed by atoms with E-state index in [1.165, 1.54) is 14.2 Å². The number of anilines is 5. The number of aromatic nitrogens is 4. The highest BCUT2D eigenvalue weighted by molar-refractivity contribution is 6.07. The van der Waals surface area contributed by atoms with Crippen LogP contribution in [0.5, 0.6) is 23.0 Å². The average Bonchev–Trinajstić information content (AvgIpc) is 1.61. The molecule has 644 valence electrons. The Balaban J connectivity index is 0.000000217. The van der Waals surface area contributed by atoms with Crippen LogP contribution >= 0.6 is 0 Å². The zero-order chi connectivity index (χ0) is 88.0. The standard InChI is InChI=1S/C53H61N7O8.C43H45N7O6/c1-32(2)33(3)51(64)55-34(4)46(61)23-36-15-19-39(20-16-36)57-52(65)45-25-38(30-58(45)5)37-17-13-35(14-18-37)24-47(62)44-26-40(31-59(44)6)56-50(63)12-10-22-68-49-28-43-42(27-48(49)67-7)53(66)60-21-9-8-11-41(60)29-54-43;1-48-25-29(20-37(48)42(53)47-31-15-13-30(44)14-16-31)28-11-9-27(10-12-28)19-38(51)36-21-32(26-49(36)2)46-41(52)8-6-18-56-40-23-35-34(22-39(40)55-3)43(54)50-17-5-4-7-33(50)24-45-35/h13-20,25-34,41H,8-12,21-24H2,1-7H3,(H,55,64)(H,56,63)(H,57,65);9-16,20-26,33H,4-8,17-19,44H2,1-3H3,(H,46,52)(H,47,53)/t33-,34-,41-;33-/m00/s1. The van der Waals surface area contributed by atoms with E-state index in [9.17, 15) is 47.9 Å². The first-order valence-corrected chi connectivity index (χ1v) is 41.9. The van der Waals surface area contributed by atoms with Gasteiger partial charge in [-0.1, -0.05) is 81.4 Å². The van der Waals surface area contributed by atoms with Gasteiger partial charge in [-0.25, -0.2) is 0 Å². The summed E-state index contributed by atoms with van der Waals surface area (Å²) < 4.78 is 30.0. The molecule has 2 fully saturated rings. The minimum absolute atomic E-state index is 0.00408. The lowest BCUT2D eigenvalue weighted by Gasteiger charge is -2.32. The molecule has 4 aromatic heterocycles. The smallest absolute Gasteiger partial charge is 0.272 e. The van der Waals surface area contributed by atoms with E-state index in [1.54, 1.807) is 150 Å². The molecule has 0 aliphatic carbocycles. The molecule has 4 aliphatic heterocycles. The van der Waals surface area contributed by atoms with Crippen LogP contribution in [-0.2, 0) is 66.6 Å². The number of nitrogens with two attached hydrogens (primary N) is 1. The summed E-state index contributed by atoms with van der Waals surface area (Å²) in [5.74, 6) is 0.245. The Morgan fingerprint density at radius 2 is 0.855 bits per heavy atom. The molecule has 7 amide bonds. The molecule has 14 rings (SSSR count). The van der Waals surface area contributed by atoms with Gasteiger partial charge >= 0.3 is 0 Å². The molecule has 28 nitrogen and oxygen atoms in total. The summed E-state index contributed by atoms with van der Waals surface area (Å²) in [6.07, 6.45) is 18.4. The van der Waals surface area contributed by atoms with Gasteiger partial charge in [0, 0.05) is 157 Å². The summed E-state index contributed by atoms with van der Waals surface area (Å²) in [6.45, 7) is 9.38. The lowest BCUT2D eigenvalue weighted by Crippen LogP contribution is -2.43. The van der Waals surface area contributed by atoms with Crippen molar-refractivity contribution in [2.24, 2.45) is 50.0 Å². The van der Waals surface area contributed by atoms with Crippen molar-refractivity contribution in [3.8, 4) is 45.3 Å². The molecular formula is C96H106N14O14. The predicted octanol–water partition coefficient (Wildman–Crippen LogP) is 14.9. The maximum atomic E-state index is 13.5. The van der Waals surface area contributed by atoms with Gasteiger partial charge in [0.1, 0.15) is 11.4 Å². The van der Waals surface area contributed by atoms with Crippen LogP contribution < -0.4 is 51.3 Å². The third-order valence-electron chi connectivity index (χ3n) is 23.0. The lowest BCUT2D eigenvalue weighted by molar-refractivity contribution is -0.130. The number of aliphatic imine (C=N–C) groups is 2. The first-order chi connectivity index (χ1) is 59.6. The molecule has 10 aromatic rings. The molecule has 28 heteroatoms. The van der Waals surface area contributed by atoms with E-state index >= 15 is 0 Å². The van der Waals surface area contributed by atoms with E-state index in [1.807, 2.05) is 117 Å². The number of amides is 7. The number of carbonyl (C=O) groups excluding carboxylic acids is 10. The van der Waals surface area contributed by atoms with Crippen LogP contribution in [-0.4, -0.2) is 158 Å². The number of piperidine rings is 2. The first kappa shape index (κ1) is 87.9. The molecule has 6 aromatic carbocycles. The van der Waals surface area contributed by atoms with Crippen molar-refractivity contribution >= 4 is 111 Å². The Morgan fingerprint density at radius 3 is 1.27 bits per heavy atom. The number of rotatable bonds is 32. The van der Waals surface area contributed by atoms with E-state index in [4.69, 9.17) is 24.7 Å². The van der Waals surface area contributed by atoms with E-state index in [0.29, 0.717) is 123 Å². The summed E-state index contributed by atoms with van der Waals surface area (Å²) >= 11 is 0. The van der Waals surface area contributed by atoms with Gasteiger partial charge in [0.15, 0.2) is 40.3 Å². The number of nitrogens with zero attached hydrogens (tertiary/aromatic N) is 8. The van der Waals surface area contributed by atoms with Crippen molar-refractivity contribution in [2.45, 2.75) is 129 Å². The normalized spacial score (nSPS) is 15.0. The second kappa shape index (κ2) is 39.7. The minimum Gasteiger partial charge on any atom is -0.493 e. The van der Waals surface area contributed by atoms with Crippen molar-refractivity contribution in [1.29, 1.82) is 0 Å². The Hall–Kier alpha value is -13.9. The van der Waals surface area contributed by atoms with E-state index in [0.717, 1.165) is 77.5 Å². The number of hydrogen-bond acceptors (Lipinski definition) is 17. The highest BCUT2D eigenvalue weighted by atomic mass is 16.5. The van der Waals surface area contributed by atoms with Gasteiger partial charge < -0.3 is 79.3 Å². The maximum Gasteiger partial charge on any atom is 0.272 e. The van der Waals surface area contributed by atoms with Gasteiger partial charge in [-0.05, 0) is 165 Å². The van der Waals surface area contributed by atoms with Gasteiger partial charge in [-0.15, -0.1) is 0 Å². The van der Waals surface area contributed by atoms with Crippen molar-refractivity contribution in [2.75, 3.05) is 67.5 Å². The van der Waals surface area contributed by atoms with Crippen LogP contribution in [0.25, 0.3) is 22.3 Å². The number of nitrogen functional groups attached to an aromatic ring is 1. The Kier molecular flexibility index (Phi) is 28.2. The molecule has 4 aliphatic rings. The fraction of sp³-hybridized carbons (Fsp3) is 0.333. The van der Waals surface area contributed by atoms with Crippen LogP contribution in [0.1, 0.15) is 171 Å². The summed E-state index contributed by atoms with van der Waals surface area (Å²) in [7, 11) is 10.2. The quantitative estimate of drug-likeness (QED) is 0.0130. The zero-order valence-electron chi connectivity index (χ0n) is 71.6. The van der Waals surface area contributed by atoms with Crippen LogP contribution in [0.3, 0.4) is 0 Å². The summed E-state index contributed by atoms with van der Waals surface area (Å²) in [4.78, 5) is 144. The monoisotopic (exact) mass is 1680 g/mol. The number of ketones is 3. The SMILES string of the molecule is COc1cc2c(cc1OCCCC(=O)Nc1cc(C(=O)Cc3ccc(-c4cc(C(=O)Nc5ccc(CC(=O)[C@H](C)NC(=O)[C@@H](C)C(C)C)cc5)n(C)c4)cc3)n(C)c1)N=C[C@@H]1CCCCN1C2=O.COc1cc2c(cc1OCCCC(=O)Nc1cc(C(=O)Cc3ccc(-c4cc(C(=O)Nc5ccc(N)cc5)n(C)c4)cc3)n(C)c1)N=C[C@@H]1CCCCN1C2=O. The van der Waals surface area contributed by atoms with Crippen molar-refractivity contribution in [1.82, 2.24) is 33.4 Å². The molecule has 0 spiro atoms.